The van der Waals surface area contributed by atoms with Crippen molar-refractivity contribution < 1.29 is 23.8 Å². The van der Waals surface area contributed by atoms with Crippen molar-refractivity contribution in [3.05, 3.63) is 275 Å². The Morgan fingerprint density at radius 3 is 1.48 bits per heavy atom. The van der Waals surface area contributed by atoms with Crippen LogP contribution in [0.2, 0.25) is 10.0 Å². The first-order chi connectivity index (χ1) is 38.2. The van der Waals surface area contributed by atoms with E-state index in [9.17, 15) is 19.2 Å². The summed E-state index contributed by atoms with van der Waals surface area (Å²) in [6.07, 6.45) is 10.2. The van der Waals surface area contributed by atoms with E-state index in [0.29, 0.717) is 55.3 Å². The molecule has 0 bridgehead atoms. The fraction of sp³-hybridized carbons (Fsp3) is 0.119. The van der Waals surface area contributed by atoms with Crippen LogP contribution in [-0.2, 0) is 20.4 Å². The molecule has 79 heavy (non-hydrogen) atoms. The number of rotatable bonds is 15. The van der Waals surface area contributed by atoms with Crippen LogP contribution in [-0.4, -0.2) is 47.0 Å². The van der Waals surface area contributed by atoms with Gasteiger partial charge in [-0.25, -0.2) is 0 Å². The number of hydrogen-bond acceptors (Lipinski definition) is 5. The van der Waals surface area contributed by atoms with Crippen LogP contribution in [0.1, 0.15) is 59.5 Å². The van der Waals surface area contributed by atoms with Gasteiger partial charge in [-0.05, 0) is 153 Å². The summed E-state index contributed by atoms with van der Waals surface area (Å²) in [5.41, 5.74) is 9.93. The summed E-state index contributed by atoms with van der Waals surface area (Å²) in [5.74, 6) is -0.843. The van der Waals surface area contributed by atoms with Crippen LogP contribution < -0.4 is 25.3 Å². The largest absolute Gasteiger partial charge is 0.335 e. The third-order valence-corrected chi connectivity index (χ3v) is 14.9. The Balaban J connectivity index is 0.916. The first-order valence-electron chi connectivity index (χ1n) is 25.9. The number of nitrogens with zero attached hydrogens (tertiary/aromatic N) is 4. The minimum atomic E-state index is -0.455. The number of halogens is 2. The molecule has 2 aliphatic heterocycles. The second-order valence-electron chi connectivity index (χ2n) is 20.3. The zero-order valence-corrected chi connectivity index (χ0v) is 45.6. The van der Waals surface area contributed by atoms with Crippen LogP contribution in [0.5, 0.6) is 0 Å². The summed E-state index contributed by atoms with van der Waals surface area (Å²) in [6.45, 7) is 8.78. The lowest BCUT2D eigenvalue weighted by Gasteiger charge is -2.30. The highest BCUT2D eigenvalue weighted by atomic mass is 35.5. The molecule has 10 rings (SSSR count). The lowest BCUT2D eigenvalue weighted by atomic mass is 9.81. The molecule has 2 heterocycles. The molecule has 0 saturated carbocycles. The molecule has 0 radical (unpaired) electrons. The van der Waals surface area contributed by atoms with Crippen LogP contribution in [0.3, 0.4) is 0 Å². The number of fused-ring (bicyclic) bond motifs is 2. The molecule has 8 aromatic carbocycles. The fourth-order valence-electron chi connectivity index (χ4n) is 10.4. The maximum atomic E-state index is 14.9. The van der Waals surface area contributed by atoms with Crippen LogP contribution in [0.15, 0.2) is 242 Å². The van der Waals surface area contributed by atoms with Gasteiger partial charge in [-0.1, -0.05) is 128 Å². The van der Waals surface area contributed by atoms with E-state index in [1.807, 2.05) is 127 Å². The van der Waals surface area contributed by atoms with Crippen LogP contribution in [0.4, 0.5) is 45.5 Å². The summed E-state index contributed by atoms with van der Waals surface area (Å²) >= 11 is 12.1. The number of nitrogens with one attached hydrogen (secondary N) is 2. The zero-order chi connectivity index (χ0) is 55.3. The average molecular weight is 1080 g/mol. The lowest BCUT2D eigenvalue weighted by molar-refractivity contribution is -0.424. The Morgan fingerprint density at radius 2 is 0.949 bits per heavy atom. The molecule has 0 aromatic heterocycles. The van der Waals surface area contributed by atoms with Crippen molar-refractivity contribution in [3.8, 4) is 0 Å². The van der Waals surface area contributed by atoms with E-state index in [0.717, 1.165) is 33.9 Å². The number of anilines is 7. The second-order valence-corrected chi connectivity index (χ2v) is 21.2. The molecule has 10 nitrogen and oxygen atoms in total. The Bertz CT molecular complexity index is 3700. The van der Waals surface area contributed by atoms with Crippen molar-refractivity contribution in [1.82, 2.24) is 0 Å². The predicted octanol–water partition coefficient (Wildman–Crippen LogP) is 15.4. The van der Waals surface area contributed by atoms with Crippen LogP contribution >= 0.6 is 23.2 Å². The summed E-state index contributed by atoms with van der Waals surface area (Å²) in [7, 11) is 0. The SMILES string of the molecule is CC1(C)C(/C=C/C=C/C=C2/N(CC(=O)N(c3ccccc3)c3ccc(NC(=O)c4ccc(Cl)cc4)cc3)c3ccccc3C2(C)C)=[N+](CC(=O)N(c2ccccc2)c2ccc(NC(=O)c3ccc(Cl)cc3)cc2)c2ccccc21. The van der Waals surface area contributed by atoms with E-state index >= 15 is 0 Å². The van der Waals surface area contributed by atoms with Gasteiger partial charge in [-0.2, -0.15) is 4.58 Å². The van der Waals surface area contributed by atoms with Crippen molar-refractivity contribution in [1.29, 1.82) is 0 Å². The number of carbonyl (C=O) groups excluding carboxylic acids is 4. The van der Waals surface area contributed by atoms with Crippen molar-refractivity contribution in [2.45, 2.75) is 38.5 Å². The number of amides is 4. The number of hydrogen-bond donors (Lipinski definition) is 2. The highest BCUT2D eigenvalue weighted by Gasteiger charge is 2.45. The minimum absolute atomic E-state index is 0.0400. The third kappa shape index (κ3) is 11.3. The van der Waals surface area contributed by atoms with Gasteiger partial charge in [0.05, 0.1) is 5.41 Å². The molecule has 2 N–H and O–H groups in total. The van der Waals surface area contributed by atoms with Gasteiger partial charge in [0.25, 0.3) is 23.6 Å². The highest BCUT2D eigenvalue weighted by molar-refractivity contribution is 6.31. The predicted molar refractivity (Wildman–Crippen MR) is 321 cm³/mol. The Labute approximate surface area is 470 Å². The van der Waals surface area contributed by atoms with E-state index in [-0.39, 0.29) is 36.7 Å². The molecule has 0 saturated heterocycles. The van der Waals surface area contributed by atoms with E-state index in [1.54, 1.807) is 82.6 Å². The highest BCUT2D eigenvalue weighted by Crippen LogP contribution is 2.48. The third-order valence-electron chi connectivity index (χ3n) is 14.4. The Hall–Kier alpha value is -9.09. The quantitative estimate of drug-likeness (QED) is 0.0786. The molecular weight excluding hydrogens is 1020 g/mol. The molecule has 12 heteroatoms. The number of carbonyl (C=O) groups is 4. The van der Waals surface area contributed by atoms with Gasteiger partial charge in [0.2, 0.25) is 12.2 Å². The monoisotopic (exact) mass is 1080 g/mol. The molecule has 2 aliphatic rings. The summed E-state index contributed by atoms with van der Waals surface area (Å²) < 4.78 is 2.10. The maximum absolute atomic E-state index is 14.9. The molecule has 0 aliphatic carbocycles. The number of benzene rings is 8. The molecule has 0 fully saturated rings. The van der Waals surface area contributed by atoms with E-state index in [4.69, 9.17) is 23.2 Å². The van der Waals surface area contributed by atoms with Gasteiger partial charge < -0.3 is 15.5 Å². The summed E-state index contributed by atoms with van der Waals surface area (Å²) in [5, 5.41) is 6.97. The van der Waals surface area contributed by atoms with Crippen molar-refractivity contribution in [2.75, 3.05) is 38.4 Å². The molecule has 0 spiro atoms. The molecule has 4 amide bonds. The van der Waals surface area contributed by atoms with Crippen LogP contribution in [0.25, 0.3) is 0 Å². The minimum Gasteiger partial charge on any atom is -0.335 e. The second kappa shape index (κ2) is 22.9. The van der Waals surface area contributed by atoms with Gasteiger partial charge in [-0.15, -0.1) is 0 Å². The first kappa shape index (κ1) is 53.3. The maximum Gasteiger partial charge on any atom is 0.297 e. The summed E-state index contributed by atoms with van der Waals surface area (Å²) in [4.78, 5) is 61.5. The van der Waals surface area contributed by atoms with Crippen molar-refractivity contribution in [2.24, 2.45) is 0 Å². The summed E-state index contributed by atoms with van der Waals surface area (Å²) in [6, 6.07) is 63.4. The molecule has 8 aromatic rings. The number of para-hydroxylation sites is 4. The van der Waals surface area contributed by atoms with E-state index in [1.165, 1.54) is 0 Å². The first-order valence-corrected chi connectivity index (χ1v) is 26.7. The smallest absolute Gasteiger partial charge is 0.297 e. The van der Waals surface area contributed by atoms with Gasteiger partial charge in [0, 0.05) is 89.8 Å². The van der Waals surface area contributed by atoms with Gasteiger partial charge in [-0.3, -0.25) is 29.0 Å². The molecule has 0 atom stereocenters. The normalized spacial score (nSPS) is 14.6. The van der Waals surface area contributed by atoms with E-state index in [2.05, 4.69) is 84.2 Å². The van der Waals surface area contributed by atoms with Crippen molar-refractivity contribution in [3.63, 3.8) is 0 Å². The lowest BCUT2D eigenvalue weighted by Crippen LogP contribution is -2.38. The Kier molecular flexibility index (Phi) is 15.4. The number of allylic oxidation sites excluding steroid dienone is 6. The molecular formula is C67H57Cl2N6O4+. The standard InChI is InChI=1S/C67H56Cl2N6O4/c1-66(2)56-22-14-16-24-58(56)72(44-62(76)74(52-18-8-5-9-19-52)54-40-36-50(37-41-54)70-64(78)46-28-32-48(68)33-29-46)60(66)26-12-7-13-27-61-67(3,4)57-23-15-17-25-59(57)73(61)45-63(77)75(53-20-10-6-11-21-53)55-42-38-51(39-43-55)71-65(79)47-30-34-49(69)35-31-47/h5-43H,44-45H2,1-4H3,(H-,70,71,78,79)/p+1. The van der Waals surface area contributed by atoms with E-state index < -0.39 is 10.8 Å². The van der Waals surface area contributed by atoms with Crippen LogP contribution in [0, 0.1) is 0 Å². The van der Waals surface area contributed by atoms with Crippen molar-refractivity contribution >= 4 is 98.0 Å². The zero-order valence-electron chi connectivity index (χ0n) is 44.1. The fourth-order valence-corrected chi connectivity index (χ4v) is 10.7. The Morgan fingerprint density at radius 1 is 0.494 bits per heavy atom. The van der Waals surface area contributed by atoms with Gasteiger partial charge in [0.1, 0.15) is 6.54 Å². The van der Waals surface area contributed by atoms with Gasteiger partial charge in [0.15, 0.2) is 5.71 Å². The molecule has 0 unspecified atom stereocenters. The van der Waals surface area contributed by atoms with Gasteiger partial charge >= 0.3 is 0 Å². The topological polar surface area (TPSA) is 105 Å². The average Bonchev–Trinajstić information content (AvgIpc) is 4.07. The molecule has 392 valence electrons.